The molecule has 2 unspecified atom stereocenters. The Morgan fingerprint density at radius 1 is 1.29 bits per heavy atom. The summed E-state index contributed by atoms with van der Waals surface area (Å²) >= 11 is 0. The van der Waals surface area contributed by atoms with Crippen molar-refractivity contribution in [1.82, 2.24) is 20.8 Å². The molecule has 8 heteroatoms. The Labute approximate surface area is 204 Å². The van der Waals surface area contributed by atoms with Crippen LogP contribution in [-0.4, -0.2) is 47.2 Å². The van der Waals surface area contributed by atoms with Gasteiger partial charge in [-0.05, 0) is 75.0 Å². The number of rotatable bonds is 7. The summed E-state index contributed by atoms with van der Waals surface area (Å²) in [6.07, 6.45) is 2.76. The van der Waals surface area contributed by atoms with Crippen LogP contribution in [0.5, 0.6) is 5.75 Å². The van der Waals surface area contributed by atoms with E-state index in [0.29, 0.717) is 13.2 Å². The number of fused-ring (bicyclic) bond motifs is 1. The molecule has 0 aliphatic carbocycles. The van der Waals surface area contributed by atoms with E-state index in [4.69, 9.17) is 14.8 Å². The maximum atomic E-state index is 12.0. The van der Waals surface area contributed by atoms with Crippen LogP contribution in [0.4, 0.5) is 0 Å². The second-order valence-electron chi connectivity index (χ2n) is 9.54. The number of aryl methyl sites for hydroxylation is 1. The summed E-state index contributed by atoms with van der Waals surface area (Å²) in [5.74, 6) is 0.376. The van der Waals surface area contributed by atoms with Crippen LogP contribution in [0.1, 0.15) is 29.7 Å². The first-order valence-electron chi connectivity index (χ1n) is 11.8. The van der Waals surface area contributed by atoms with E-state index in [0.717, 1.165) is 52.1 Å². The second kappa shape index (κ2) is 9.65. The Hall–Kier alpha value is -3.46. The molecule has 1 saturated heterocycles. The van der Waals surface area contributed by atoms with Gasteiger partial charge in [0.15, 0.2) is 0 Å². The number of likely N-dealkylation sites (tertiary alicyclic amines) is 1. The minimum atomic E-state index is -0.399. The number of nitrogens with one attached hydrogen (secondary N) is 2. The maximum absolute atomic E-state index is 12.0. The van der Waals surface area contributed by atoms with Crippen molar-refractivity contribution in [2.24, 2.45) is 5.41 Å². The van der Waals surface area contributed by atoms with Crippen molar-refractivity contribution in [2.45, 2.75) is 32.5 Å². The molecule has 2 atom stereocenters. The van der Waals surface area contributed by atoms with Gasteiger partial charge < -0.3 is 9.64 Å². The molecule has 3 aromatic rings. The molecule has 35 heavy (non-hydrogen) atoms. The van der Waals surface area contributed by atoms with E-state index in [-0.39, 0.29) is 12.5 Å². The van der Waals surface area contributed by atoms with Gasteiger partial charge in [0.2, 0.25) is 5.91 Å². The Morgan fingerprint density at radius 2 is 2.09 bits per heavy atom. The van der Waals surface area contributed by atoms with E-state index in [1.807, 2.05) is 62.5 Å². The highest BCUT2D eigenvalue weighted by atomic mass is 16.7. The van der Waals surface area contributed by atoms with Crippen LogP contribution in [0.15, 0.2) is 60.7 Å². The SMILES string of the molecule is Cc1cc(COc2ccc(C3=CC(C4(CC(=O)NO)CCN(C)C4)ON3)cc2)c2ccccc2n1. The molecule has 0 bridgehead atoms. The third-order valence-corrected chi connectivity index (χ3v) is 6.92. The van der Waals surface area contributed by atoms with Gasteiger partial charge in [0.05, 0.1) is 11.2 Å². The number of ether oxygens (including phenoxy) is 1. The zero-order valence-corrected chi connectivity index (χ0v) is 20.0. The summed E-state index contributed by atoms with van der Waals surface area (Å²) in [5, 5.41) is 10.2. The smallest absolute Gasteiger partial charge is 0.244 e. The summed E-state index contributed by atoms with van der Waals surface area (Å²) in [5.41, 5.74) is 9.27. The Bertz CT molecular complexity index is 1260. The summed E-state index contributed by atoms with van der Waals surface area (Å²) < 4.78 is 6.09. The van der Waals surface area contributed by atoms with Crippen LogP contribution in [0, 0.1) is 12.3 Å². The number of hydrogen-bond acceptors (Lipinski definition) is 7. The number of hydrogen-bond donors (Lipinski definition) is 3. The summed E-state index contributed by atoms with van der Waals surface area (Å²) in [7, 11) is 2.03. The zero-order chi connectivity index (χ0) is 24.4. The van der Waals surface area contributed by atoms with Crippen LogP contribution >= 0.6 is 0 Å². The number of carbonyl (C=O) groups excluding carboxylic acids is 1. The highest BCUT2D eigenvalue weighted by Crippen LogP contribution is 2.41. The average molecular weight is 475 g/mol. The molecule has 5 rings (SSSR count). The fourth-order valence-corrected chi connectivity index (χ4v) is 5.15. The van der Waals surface area contributed by atoms with Gasteiger partial charge in [0.25, 0.3) is 0 Å². The summed E-state index contributed by atoms with van der Waals surface area (Å²) in [6.45, 7) is 4.04. The number of carbonyl (C=O) groups is 1. The standard InChI is InChI=1S/C27H30N4O4/c1-18-13-20(22-5-3-4-6-23(22)28-18)16-34-21-9-7-19(8-10-21)24-14-25(35-30-24)27(15-26(32)29-33)11-12-31(2)17-27/h3-10,13-14,25,30,33H,11-12,15-17H2,1-2H3,(H,29,32). The third kappa shape index (κ3) is 4.86. The van der Waals surface area contributed by atoms with E-state index in [2.05, 4.69) is 27.5 Å². The molecule has 1 aromatic heterocycles. The van der Waals surface area contributed by atoms with E-state index < -0.39 is 11.3 Å². The van der Waals surface area contributed by atoms with Crippen LogP contribution < -0.4 is 15.7 Å². The van der Waals surface area contributed by atoms with Gasteiger partial charge in [-0.1, -0.05) is 18.2 Å². The van der Waals surface area contributed by atoms with Gasteiger partial charge in [-0.3, -0.25) is 25.3 Å². The van der Waals surface area contributed by atoms with E-state index in [1.54, 1.807) is 5.48 Å². The summed E-state index contributed by atoms with van der Waals surface area (Å²) in [4.78, 5) is 24.7. The molecule has 2 aliphatic rings. The lowest BCUT2D eigenvalue weighted by Crippen LogP contribution is -2.41. The van der Waals surface area contributed by atoms with Crippen molar-refractivity contribution in [3.05, 3.63) is 77.5 Å². The van der Waals surface area contributed by atoms with Crippen molar-refractivity contribution in [3.63, 3.8) is 0 Å². The Balaban J connectivity index is 1.29. The lowest BCUT2D eigenvalue weighted by molar-refractivity contribution is -0.134. The van der Waals surface area contributed by atoms with Crippen molar-refractivity contribution >= 4 is 22.5 Å². The molecule has 182 valence electrons. The number of amides is 1. The molecule has 0 spiro atoms. The molecule has 3 N–H and O–H groups in total. The lowest BCUT2D eigenvalue weighted by Gasteiger charge is -2.31. The zero-order valence-electron chi connectivity index (χ0n) is 20.0. The quantitative estimate of drug-likeness (QED) is 0.356. The Kier molecular flexibility index (Phi) is 6.42. The van der Waals surface area contributed by atoms with Crippen LogP contribution in [0.3, 0.4) is 0 Å². The molecule has 2 aliphatic heterocycles. The highest BCUT2D eigenvalue weighted by molar-refractivity contribution is 5.82. The van der Waals surface area contributed by atoms with Gasteiger partial charge in [0, 0.05) is 35.0 Å². The van der Waals surface area contributed by atoms with Crippen LogP contribution in [-0.2, 0) is 16.2 Å². The third-order valence-electron chi connectivity index (χ3n) is 6.92. The van der Waals surface area contributed by atoms with Gasteiger partial charge in [0.1, 0.15) is 18.5 Å². The summed E-state index contributed by atoms with van der Waals surface area (Å²) in [6, 6.07) is 18.0. The van der Waals surface area contributed by atoms with Gasteiger partial charge in [-0.25, -0.2) is 5.48 Å². The van der Waals surface area contributed by atoms with Gasteiger partial charge >= 0.3 is 0 Å². The second-order valence-corrected chi connectivity index (χ2v) is 9.54. The predicted molar refractivity (Wildman–Crippen MR) is 132 cm³/mol. The molecule has 1 amide bonds. The number of para-hydroxylation sites is 1. The minimum Gasteiger partial charge on any atom is -0.489 e. The highest BCUT2D eigenvalue weighted by Gasteiger charge is 2.47. The molecule has 3 heterocycles. The molecule has 0 radical (unpaired) electrons. The van der Waals surface area contributed by atoms with E-state index >= 15 is 0 Å². The molecular formula is C27H30N4O4. The molecule has 0 saturated carbocycles. The lowest BCUT2D eigenvalue weighted by atomic mass is 9.77. The number of pyridine rings is 1. The normalized spacial score (nSPS) is 22.1. The largest absolute Gasteiger partial charge is 0.489 e. The first-order chi connectivity index (χ1) is 17.0. The molecule has 1 fully saturated rings. The predicted octanol–water partition coefficient (Wildman–Crippen LogP) is 3.58. The first-order valence-corrected chi connectivity index (χ1v) is 11.8. The van der Waals surface area contributed by atoms with Crippen molar-refractivity contribution < 1.29 is 19.6 Å². The number of aromatic nitrogens is 1. The topological polar surface area (TPSA) is 96.0 Å². The Morgan fingerprint density at radius 3 is 2.83 bits per heavy atom. The van der Waals surface area contributed by atoms with Crippen LogP contribution in [0.25, 0.3) is 16.6 Å². The fourth-order valence-electron chi connectivity index (χ4n) is 5.15. The monoisotopic (exact) mass is 474 g/mol. The minimum absolute atomic E-state index is 0.194. The van der Waals surface area contributed by atoms with Crippen molar-refractivity contribution in [1.29, 1.82) is 0 Å². The van der Waals surface area contributed by atoms with Crippen molar-refractivity contribution in [2.75, 3.05) is 20.1 Å². The molecular weight excluding hydrogens is 444 g/mol. The first kappa shape index (κ1) is 23.3. The number of benzene rings is 2. The molecule has 8 nitrogen and oxygen atoms in total. The molecule has 2 aromatic carbocycles. The fraction of sp³-hybridized carbons (Fsp3) is 0.333. The van der Waals surface area contributed by atoms with E-state index in [1.165, 1.54) is 0 Å². The maximum Gasteiger partial charge on any atom is 0.244 e. The average Bonchev–Trinajstić information content (AvgIpc) is 3.51. The van der Waals surface area contributed by atoms with Gasteiger partial charge in [-0.2, -0.15) is 0 Å². The van der Waals surface area contributed by atoms with E-state index in [9.17, 15) is 4.79 Å². The number of hydroxylamine groups is 2. The number of nitrogens with zero attached hydrogens (tertiary/aromatic N) is 2. The van der Waals surface area contributed by atoms with Crippen LogP contribution in [0.2, 0.25) is 0 Å². The van der Waals surface area contributed by atoms with Crippen molar-refractivity contribution in [3.8, 4) is 5.75 Å². The van der Waals surface area contributed by atoms with Gasteiger partial charge in [-0.15, -0.1) is 0 Å².